The summed E-state index contributed by atoms with van der Waals surface area (Å²) in [5.74, 6) is 0. The quantitative estimate of drug-likeness (QED) is 0.667. The summed E-state index contributed by atoms with van der Waals surface area (Å²) in [6.45, 7) is 6.51. The van der Waals surface area contributed by atoms with Gasteiger partial charge in [0.2, 0.25) is 0 Å². The Bertz CT molecular complexity index is 703. The molecule has 120 valence electrons. The van der Waals surface area contributed by atoms with E-state index in [9.17, 15) is 0 Å². The number of allylic oxidation sites excluding steroid dienone is 3. The predicted octanol–water partition coefficient (Wildman–Crippen LogP) is 5.88. The Hall–Kier alpha value is -2.28. The second-order valence-corrected chi connectivity index (χ2v) is 6.31. The van der Waals surface area contributed by atoms with Crippen LogP contribution in [0, 0.1) is 13.8 Å². The first-order valence-electron chi connectivity index (χ1n) is 8.15. The Morgan fingerprint density at radius 2 is 1.65 bits per heavy atom. The zero-order chi connectivity index (χ0) is 16.8. The van der Waals surface area contributed by atoms with E-state index in [1.165, 1.54) is 33.5 Å². The van der Waals surface area contributed by atoms with Crippen LogP contribution in [0.3, 0.4) is 0 Å². The molecule has 1 nitrogen and oxygen atoms in total. The molecule has 0 atom stereocenters. The lowest BCUT2D eigenvalue weighted by Crippen LogP contribution is -2.07. The van der Waals surface area contributed by atoms with Crippen LogP contribution >= 0.6 is 0 Å². The molecule has 2 aromatic rings. The van der Waals surface area contributed by atoms with Crippen molar-refractivity contribution < 1.29 is 0 Å². The number of hydrogen-bond acceptors (Lipinski definition) is 1. The van der Waals surface area contributed by atoms with Crippen LogP contribution in [0.4, 0.5) is 5.69 Å². The Morgan fingerprint density at radius 3 is 2.26 bits per heavy atom. The summed E-state index contributed by atoms with van der Waals surface area (Å²) in [5, 5.41) is 0. The van der Waals surface area contributed by atoms with Crippen molar-refractivity contribution in [3.8, 4) is 0 Å². The monoisotopic (exact) mass is 305 g/mol. The minimum absolute atomic E-state index is 0.953. The molecule has 0 aromatic heterocycles. The molecule has 0 amide bonds. The Kier molecular flexibility index (Phi) is 5.81. The van der Waals surface area contributed by atoms with Gasteiger partial charge >= 0.3 is 0 Å². The maximum atomic E-state index is 2.29. The molecular formula is C22H27N. The van der Waals surface area contributed by atoms with E-state index < -0.39 is 0 Å². The van der Waals surface area contributed by atoms with Gasteiger partial charge in [-0.1, -0.05) is 48.6 Å². The molecule has 0 saturated heterocycles. The van der Waals surface area contributed by atoms with Gasteiger partial charge in [0, 0.05) is 19.8 Å². The summed E-state index contributed by atoms with van der Waals surface area (Å²) in [5.41, 5.74) is 7.83. The van der Waals surface area contributed by atoms with E-state index in [-0.39, 0.29) is 0 Å². The van der Waals surface area contributed by atoms with E-state index in [4.69, 9.17) is 0 Å². The first kappa shape index (κ1) is 17.1. The van der Waals surface area contributed by atoms with Gasteiger partial charge in [-0.05, 0) is 67.2 Å². The van der Waals surface area contributed by atoms with Gasteiger partial charge in [0.25, 0.3) is 0 Å². The van der Waals surface area contributed by atoms with Crippen LogP contribution in [0.1, 0.15) is 35.6 Å². The summed E-state index contributed by atoms with van der Waals surface area (Å²) < 4.78 is 0. The van der Waals surface area contributed by atoms with Gasteiger partial charge in [-0.2, -0.15) is 0 Å². The molecule has 1 heteroatoms. The van der Waals surface area contributed by atoms with Crippen molar-refractivity contribution in [1.82, 2.24) is 0 Å². The van der Waals surface area contributed by atoms with Crippen LogP contribution in [0.2, 0.25) is 0 Å². The smallest absolute Gasteiger partial charge is 0.0361 e. The topological polar surface area (TPSA) is 3.24 Å². The van der Waals surface area contributed by atoms with Gasteiger partial charge < -0.3 is 4.90 Å². The van der Waals surface area contributed by atoms with Crippen LogP contribution in [0.15, 0.2) is 54.6 Å². The normalized spacial score (nSPS) is 12.0. The van der Waals surface area contributed by atoms with Gasteiger partial charge in [-0.15, -0.1) is 0 Å². The molecule has 0 N–H and O–H groups in total. The number of hydrogen-bond donors (Lipinski definition) is 0. The maximum Gasteiger partial charge on any atom is 0.0361 e. The van der Waals surface area contributed by atoms with E-state index in [2.05, 4.69) is 100 Å². The fraction of sp³-hybridized carbons (Fsp3) is 0.273. The highest BCUT2D eigenvalue weighted by Gasteiger charge is 1.98. The molecule has 0 aliphatic rings. The third-order valence-electron chi connectivity index (χ3n) is 4.24. The first-order valence-corrected chi connectivity index (χ1v) is 8.15. The number of nitrogens with zero attached hydrogens (tertiary/aromatic N) is 1. The standard InChI is InChI=1S/C22H27N/c1-17-10-13-21(16-19(17)3)18(2)8-6-7-9-20-11-14-22(15-12-20)23(4)5/h7-16H,6H2,1-5H3/b9-7+,18-8+. The van der Waals surface area contributed by atoms with Crippen molar-refractivity contribution in [3.63, 3.8) is 0 Å². The van der Waals surface area contributed by atoms with Crippen molar-refractivity contribution in [2.24, 2.45) is 0 Å². The first-order chi connectivity index (χ1) is 11.0. The van der Waals surface area contributed by atoms with E-state index >= 15 is 0 Å². The molecule has 2 rings (SSSR count). The lowest BCUT2D eigenvalue weighted by atomic mass is 10.0. The minimum atomic E-state index is 0.953. The SMILES string of the molecule is C/C(=C\C/C=C/c1ccc(N(C)C)cc1)c1ccc(C)c(C)c1. The molecule has 0 aliphatic heterocycles. The molecule has 0 fully saturated rings. The van der Waals surface area contributed by atoms with Gasteiger partial charge in [0.1, 0.15) is 0 Å². The predicted molar refractivity (Wildman–Crippen MR) is 104 cm³/mol. The van der Waals surface area contributed by atoms with Crippen LogP contribution < -0.4 is 4.90 Å². The molecule has 0 aliphatic carbocycles. The number of anilines is 1. The van der Waals surface area contributed by atoms with Crippen LogP contribution in [0.25, 0.3) is 11.6 Å². The molecular weight excluding hydrogens is 278 g/mol. The van der Waals surface area contributed by atoms with Gasteiger partial charge in [0.15, 0.2) is 0 Å². The van der Waals surface area contributed by atoms with E-state index in [0.29, 0.717) is 0 Å². The van der Waals surface area contributed by atoms with Crippen molar-refractivity contribution >= 4 is 17.3 Å². The molecule has 2 aromatic carbocycles. The van der Waals surface area contributed by atoms with E-state index in [1.54, 1.807) is 0 Å². The highest BCUT2D eigenvalue weighted by molar-refractivity contribution is 5.65. The average molecular weight is 305 g/mol. The van der Waals surface area contributed by atoms with Gasteiger partial charge in [0.05, 0.1) is 0 Å². The van der Waals surface area contributed by atoms with Crippen molar-refractivity contribution in [2.45, 2.75) is 27.2 Å². The zero-order valence-electron chi connectivity index (χ0n) is 14.9. The third-order valence-corrected chi connectivity index (χ3v) is 4.24. The summed E-state index contributed by atoms with van der Waals surface area (Å²) in [6, 6.07) is 15.3. The second-order valence-electron chi connectivity index (χ2n) is 6.31. The summed E-state index contributed by atoms with van der Waals surface area (Å²) in [7, 11) is 4.12. The molecule has 0 unspecified atom stereocenters. The van der Waals surface area contributed by atoms with E-state index in [1.807, 2.05) is 0 Å². The van der Waals surface area contributed by atoms with Crippen LogP contribution in [-0.4, -0.2) is 14.1 Å². The lowest BCUT2D eigenvalue weighted by molar-refractivity contribution is 1.13. The molecule has 23 heavy (non-hydrogen) atoms. The van der Waals surface area contributed by atoms with Crippen molar-refractivity contribution in [2.75, 3.05) is 19.0 Å². The molecule has 0 heterocycles. The Labute approximate surface area is 141 Å². The second kappa shape index (κ2) is 7.82. The zero-order valence-corrected chi connectivity index (χ0v) is 14.9. The highest BCUT2D eigenvalue weighted by atomic mass is 15.1. The Morgan fingerprint density at radius 1 is 0.957 bits per heavy atom. The van der Waals surface area contributed by atoms with Crippen molar-refractivity contribution in [3.05, 3.63) is 76.9 Å². The fourth-order valence-electron chi connectivity index (χ4n) is 2.44. The summed E-state index contributed by atoms with van der Waals surface area (Å²) >= 11 is 0. The summed E-state index contributed by atoms with van der Waals surface area (Å²) in [4.78, 5) is 2.11. The molecule has 0 bridgehead atoms. The van der Waals surface area contributed by atoms with Crippen LogP contribution in [-0.2, 0) is 0 Å². The largest absolute Gasteiger partial charge is 0.378 e. The number of benzene rings is 2. The Balaban J connectivity index is 1.98. The maximum absolute atomic E-state index is 2.29. The number of aryl methyl sites for hydroxylation is 2. The molecule has 0 spiro atoms. The summed E-state index contributed by atoms with van der Waals surface area (Å²) in [6.07, 6.45) is 7.64. The highest BCUT2D eigenvalue weighted by Crippen LogP contribution is 2.18. The molecule has 0 saturated carbocycles. The van der Waals surface area contributed by atoms with Gasteiger partial charge in [-0.25, -0.2) is 0 Å². The average Bonchev–Trinajstić information content (AvgIpc) is 2.54. The van der Waals surface area contributed by atoms with E-state index in [0.717, 1.165) is 6.42 Å². The number of rotatable bonds is 5. The fourth-order valence-corrected chi connectivity index (χ4v) is 2.44. The van der Waals surface area contributed by atoms with Gasteiger partial charge in [-0.3, -0.25) is 0 Å². The van der Waals surface area contributed by atoms with Crippen molar-refractivity contribution in [1.29, 1.82) is 0 Å². The lowest BCUT2D eigenvalue weighted by Gasteiger charge is -2.11. The third kappa shape index (κ3) is 4.85. The molecule has 0 radical (unpaired) electrons. The van der Waals surface area contributed by atoms with Crippen LogP contribution in [0.5, 0.6) is 0 Å². The minimum Gasteiger partial charge on any atom is -0.378 e.